The number of halogens is 1. The van der Waals surface area contributed by atoms with Crippen molar-refractivity contribution in [2.24, 2.45) is 5.10 Å². The van der Waals surface area contributed by atoms with Gasteiger partial charge in [-0.3, -0.25) is 9.59 Å². The van der Waals surface area contributed by atoms with Gasteiger partial charge in [0.25, 0.3) is 11.5 Å². The van der Waals surface area contributed by atoms with Gasteiger partial charge in [-0.05, 0) is 60.5 Å². The molecular weight excluding hydrogens is 536 g/mol. The number of fused-ring (bicyclic) bond motifs is 1. The molecule has 0 aliphatic carbocycles. The van der Waals surface area contributed by atoms with Crippen LogP contribution >= 0.6 is 15.9 Å². The van der Waals surface area contributed by atoms with E-state index in [0.29, 0.717) is 39.5 Å². The molecule has 1 atom stereocenters. The van der Waals surface area contributed by atoms with Crippen LogP contribution in [0.25, 0.3) is 10.9 Å². The predicted molar refractivity (Wildman–Crippen MR) is 149 cm³/mol. The summed E-state index contributed by atoms with van der Waals surface area (Å²) in [6, 6.07) is 19.8. The van der Waals surface area contributed by atoms with Crippen LogP contribution in [0.15, 0.2) is 81.1 Å². The van der Waals surface area contributed by atoms with Gasteiger partial charge in [-0.1, -0.05) is 48.0 Å². The number of hydrogen-bond acceptors (Lipinski definition) is 6. The Kier molecular flexibility index (Phi) is 8.35. The Morgan fingerprint density at radius 2 is 1.92 bits per heavy atom. The third-order valence-corrected chi connectivity index (χ3v) is 6.31. The second-order valence-corrected chi connectivity index (χ2v) is 9.33. The number of methoxy groups -OCH3 is 1. The molecule has 0 saturated heterocycles. The van der Waals surface area contributed by atoms with E-state index < -0.39 is 0 Å². The fourth-order valence-corrected chi connectivity index (χ4v) is 4.01. The van der Waals surface area contributed by atoms with Crippen LogP contribution in [0.2, 0.25) is 0 Å². The second kappa shape index (κ2) is 11.8. The third kappa shape index (κ3) is 6.24. The number of amides is 1. The largest absolute Gasteiger partial charge is 0.493 e. The van der Waals surface area contributed by atoms with Crippen LogP contribution in [0, 0.1) is 0 Å². The van der Waals surface area contributed by atoms with Crippen molar-refractivity contribution in [3.05, 3.63) is 92.9 Å². The van der Waals surface area contributed by atoms with Gasteiger partial charge >= 0.3 is 0 Å². The average Bonchev–Trinajstić information content (AvgIpc) is 2.91. The maximum absolute atomic E-state index is 13.3. The van der Waals surface area contributed by atoms with Crippen LogP contribution in [-0.4, -0.2) is 35.5 Å². The first-order chi connectivity index (χ1) is 17.9. The molecule has 3 aromatic carbocycles. The lowest BCUT2D eigenvalue weighted by atomic mass is 10.1. The summed E-state index contributed by atoms with van der Waals surface area (Å²) in [5.41, 5.74) is 1.77. The van der Waals surface area contributed by atoms with E-state index in [1.165, 1.54) is 11.8 Å². The van der Waals surface area contributed by atoms with Crippen LogP contribution in [0.4, 0.5) is 5.69 Å². The summed E-state index contributed by atoms with van der Waals surface area (Å²) in [5, 5.41) is 7.74. The number of carbonyl (C=O) groups is 1. The Labute approximate surface area is 223 Å². The quantitative estimate of drug-likeness (QED) is 0.269. The number of rotatable bonds is 9. The maximum atomic E-state index is 13.3. The minimum absolute atomic E-state index is 0.0326. The molecule has 0 radical (unpaired) electrons. The summed E-state index contributed by atoms with van der Waals surface area (Å²) < 4.78 is 13.3. The van der Waals surface area contributed by atoms with Gasteiger partial charge in [0.2, 0.25) is 0 Å². The molecule has 1 N–H and O–H groups in total. The maximum Gasteiger partial charge on any atom is 0.282 e. The number of nitrogens with one attached hydrogen (secondary N) is 1. The zero-order chi connectivity index (χ0) is 26.4. The van der Waals surface area contributed by atoms with Crippen molar-refractivity contribution in [3.63, 3.8) is 0 Å². The fourth-order valence-electron chi connectivity index (χ4n) is 3.65. The highest BCUT2D eigenvalue weighted by Gasteiger charge is 2.16. The van der Waals surface area contributed by atoms with E-state index in [2.05, 4.69) is 26.3 Å². The van der Waals surface area contributed by atoms with Crippen LogP contribution < -0.4 is 20.3 Å². The molecule has 37 heavy (non-hydrogen) atoms. The lowest BCUT2D eigenvalue weighted by Gasteiger charge is -2.14. The number of ether oxygens (including phenoxy) is 2. The monoisotopic (exact) mass is 562 g/mol. The van der Waals surface area contributed by atoms with Crippen molar-refractivity contribution in [1.82, 2.24) is 9.66 Å². The second-order valence-electron chi connectivity index (χ2n) is 8.42. The molecule has 1 amide bonds. The van der Waals surface area contributed by atoms with E-state index in [1.807, 2.05) is 44.2 Å². The van der Waals surface area contributed by atoms with Crippen molar-refractivity contribution < 1.29 is 14.3 Å². The van der Waals surface area contributed by atoms with Gasteiger partial charge in [0.15, 0.2) is 18.1 Å². The Morgan fingerprint density at radius 1 is 1.14 bits per heavy atom. The number of anilines is 1. The van der Waals surface area contributed by atoms with Crippen LogP contribution in [-0.2, 0) is 4.79 Å². The molecule has 4 aromatic rings. The molecule has 0 spiro atoms. The fraction of sp³-hybridized carbons (Fsp3) is 0.214. The molecule has 9 heteroatoms. The number of aromatic nitrogens is 2. The van der Waals surface area contributed by atoms with Crippen molar-refractivity contribution in [1.29, 1.82) is 0 Å². The van der Waals surface area contributed by atoms with Gasteiger partial charge in [0, 0.05) is 16.1 Å². The minimum Gasteiger partial charge on any atom is -0.493 e. The van der Waals surface area contributed by atoms with Crippen LogP contribution in [0.3, 0.4) is 0 Å². The van der Waals surface area contributed by atoms with Crippen LogP contribution in [0.1, 0.15) is 37.6 Å². The lowest BCUT2D eigenvalue weighted by molar-refractivity contribution is -0.118. The molecule has 1 heterocycles. The predicted octanol–water partition coefficient (Wildman–Crippen LogP) is 5.58. The molecule has 0 bridgehead atoms. The lowest BCUT2D eigenvalue weighted by Crippen LogP contribution is -2.23. The summed E-state index contributed by atoms with van der Waals surface area (Å²) >= 11 is 3.42. The average molecular weight is 563 g/mol. The molecular formula is C28H27BrN4O4. The summed E-state index contributed by atoms with van der Waals surface area (Å²) in [4.78, 5) is 30.3. The van der Waals surface area contributed by atoms with Crippen molar-refractivity contribution >= 4 is 44.6 Å². The van der Waals surface area contributed by atoms with Crippen molar-refractivity contribution in [2.45, 2.75) is 26.2 Å². The number of carbonyl (C=O) groups excluding carboxylic acids is 1. The molecule has 0 saturated carbocycles. The van der Waals surface area contributed by atoms with Crippen molar-refractivity contribution in [3.8, 4) is 11.5 Å². The van der Waals surface area contributed by atoms with Gasteiger partial charge in [-0.25, -0.2) is 4.98 Å². The van der Waals surface area contributed by atoms with E-state index in [4.69, 9.17) is 14.5 Å². The minimum atomic E-state index is -0.286. The smallest absolute Gasteiger partial charge is 0.282 e. The Hall–Kier alpha value is -3.98. The Morgan fingerprint density at radius 3 is 2.65 bits per heavy atom. The summed E-state index contributed by atoms with van der Waals surface area (Å²) in [5.74, 6) is 1.19. The summed E-state index contributed by atoms with van der Waals surface area (Å²) in [7, 11) is 1.52. The first kappa shape index (κ1) is 26.1. The Balaban J connectivity index is 1.57. The molecule has 0 aliphatic rings. The molecule has 190 valence electrons. The molecule has 0 fully saturated rings. The zero-order valence-electron chi connectivity index (χ0n) is 20.8. The molecule has 4 rings (SSSR count). The van der Waals surface area contributed by atoms with E-state index in [1.54, 1.807) is 42.6 Å². The van der Waals surface area contributed by atoms with E-state index >= 15 is 0 Å². The van der Waals surface area contributed by atoms with Gasteiger partial charge in [-0.15, -0.1) is 0 Å². The van der Waals surface area contributed by atoms with E-state index in [-0.39, 0.29) is 24.0 Å². The highest BCUT2D eigenvalue weighted by molar-refractivity contribution is 9.10. The molecule has 8 nitrogen and oxygen atoms in total. The van der Waals surface area contributed by atoms with Gasteiger partial charge in [-0.2, -0.15) is 9.78 Å². The van der Waals surface area contributed by atoms with Gasteiger partial charge in [0.05, 0.1) is 24.2 Å². The van der Waals surface area contributed by atoms with Crippen LogP contribution in [0.5, 0.6) is 11.5 Å². The number of para-hydroxylation sites is 1. The SMILES string of the molecule is CC[C@@H](C)c1nc2ccc(Br)cc2c(=O)n1N=Cc1ccc(OCC(=O)Nc2ccccc2)c(OC)c1. The number of nitrogens with zero attached hydrogens (tertiary/aromatic N) is 3. The number of hydrogen-bond donors (Lipinski definition) is 1. The topological polar surface area (TPSA) is 94.8 Å². The van der Waals surface area contributed by atoms with Gasteiger partial charge < -0.3 is 14.8 Å². The highest BCUT2D eigenvalue weighted by atomic mass is 79.9. The normalized spacial score (nSPS) is 12.0. The molecule has 0 unspecified atom stereocenters. The summed E-state index contributed by atoms with van der Waals surface area (Å²) in [6.45, 7) is 3.88. The first-order valence-electron chi connectivity index (χ1n) is 11.8. The van der Waals surface area contributed by atoms with E-state index in [9.17, 15) is 9.59 Å². The standard InChI is InChI=1S/C28H27BrN4O4/c1-4-18(2)27-32-23-12-11-20(29)15-22(23)28(35)33(27)30-16-19-10-13-24(25(14-19)36-3)37-17-26(34)31-21-8-6-5-7-9-21/h5-16,18H,4,17H2,1-3H3,(H,31,34)/t18-/m1/s1. The van der Waals surface area contributed by atoms with Crippen molar-refractivity contribution in [2.75, 3.05) is 19.0 Å². The highest BCUT2D eigenvalue weighted by Crippen LogP contribution is 2.28. The first-order valence-corrected chi connectivity index (χ1v) is 12.6. The zero-order valence-corrected chi connectivity index (χ0v) is 22.4. The summed E-state index contributed by atoms with van der Waals surface area (Å²) in [6.07, 6.45) is 2.38. The Bertz CT molecular complexity index is 1500. The number of benzene rings is 3. The van der Waals surface area contributed by atoms with E-state index in [0.717, 1.165) is 10.9 Å². The van der Waals surface area contributed by atoms with Gasteiger partial charge in [0.1, 0.15) is 5.82 Å². The molecule has 1 aromatic heterocycles. The molecule has 0 aliphatic heterocycles. The third-order valence-electron chi connectivity index (χ3n) is 5.81.